The largest absolute Gasteiger partial charge is 0.391 e. The lowest BCUT2D eigenvalue weighted by molar-refractivity contribution is -0.0502. The van der Waals surface area contributed by atoms with Crippen molar-refractivity contribution in [3.05, 3.63) is 35.4 Å². The monoisotopic (exact) mass is 286 g/mol. The minimum absolute atomic E-state index is 0.177. The van der Waals surface area contributed by atoms with Gasteiger partial charge in [-0.3, -0.25) is 9.80 Å². The Morgan fingerprint density at radius 3 is 2.71 bits per heavy atom. The molecule has 3 heteroatoms. The molecule has 3 heterocycles. The summed E-state index contributed by atoms with van der Waals surface area (Å²) in [6, 6.07) is 9.22. The Morgan fingerprint density at radius 2 is 1.95 bits per heavy atom. The lowest BCUT2D eigenvalue weighted by atomic mass is 9.79. The van der Waals surface area contributed by atoms with Crippen molar-refractivity contribution in [3.63, 3.8) is 0 Å². The summed E-state index contributed by atoms with van der Waals surface area (Å²) in [5.74, 6) is 0.557. The van der Waals surface area contributed by atoms with E-state index in [4.69, 9.17) is 0 Å². The lowest BCUT2D eigenvalue weighted by Crippen LogP contribution is -2.64. The SMILES string of the molecule is OC(CC1CCCc2ccccc21)C1CN2CCN1CC2. The number of aryl methyl sites for hydroxylation is 1. The molecule has 4 aliphatic rings. The van der Waals surface area contributed by atoms with Crippen molar-refractivity contribution in [2.45, 2.75) is 43.7 Å². The van der Waals surface area contributed by atoms with Crippen LogP contribution in [0.3, 0.4) is 0 Å². The predicted molar refractivity (Wildman–Crippen MR) is 84.5 cm³/mol. The van der Waals surface area contributed by atoms with Crippen LogP contribution in [0.15, 0.2) is 24.3 Å². The second-order valence-corrected chi connectivity index (χ2v) is 6.99. The van der Waals surface area contributed by atoms with E-state index < -0.39 is 0 Å². The first-order chi connectivity index (χ1) is 10.3. The van der Waals surface area contributed by atoms with Crippen molar-refractivity contribution in [3.8, 4) is 0 Å². The molecule has 0 radical (unpaired) electrons. The smallest absolute Gasteiger partial charge is 0.0713 e. The molecule has 1 aromatic carbocycles. The Labute approximate surface area is 127 Å². The lowest BCUT2D eigenvalue weighted by Gasteiger charge is -2.49. The van der Waals surface area contributed by atoms with Crippen LogP contribution in [0.2, 0.25) is 0 Å². The summed E-state index contributed by atoms with van der Waals surface area (Å²) in [6.45, 7) is 5.73. The molecule has 5 rings (SSSR count). The summed E-state index contributed by atoms with van der Waals surface area (Å²) >= 11 is 0. The molecule has 0 aromatic heterocycles. The van der Waals surface area contributed by atoms with E-state index in [2.05, 4.69) is 34.1 Å². The van der Waals surface area contributed by atoms with Crippen LogP contribution in [0.4, 0.5) is 0 Å². The highest BCUT2D eigenvalue weighted by Crippen LogP contribution is 2.36. The highest BCUT2D eigenvalue weighted by molar-refractivity contribution is 5.32. The normalized spacial score (nSPS) is 36.2. The van der Waals surface area contributed by atoms with Gasteiger partial charge in [-0.05, 0) is 42.7 Å². The van der Waals surface area contributed by atoms with Crippen molar-refractivity contribution >= 4 is 0 Å². The molecule has 0 amide bonds. The molecule has 3 saturated heterocycles. The van der Waals surface area contributed by atoms with Crippen LogP contribution in [0.5, 0.6) is 0 Å². The minimum atomic E-state index is -0.177. The molecule has 1 N–H and O–H groups in total. The molecule has 21 heavy (non-hydrogen) atoms. The van der Waals surface area contributed by atoms with Gasteiger partial charge in [0.25, 0.3) is 0 Å². The number of nitrogens with zero attached hydrogens (tertiary/aromatic N) is 2. The van der Waals surface area contributed by atoms with Gasteiger partial charge in [0, 0.05) is 38.8 Å². The molecular formula is C18H26N2O. The maximum absolute atomic E-state index is 10.8. The summed E-state index contributed by atoms with van der Waals surface area (Å²) < 4.78 is 0. The molecule has 0 spiro atoms. The Morgan fingerprint density at radius 1 is 1.14 bits per heavy atom. The van der Waals surface area contributed by atoms with Gasteiger partial charge in [0.2, 0.25) is 0 Å². The third-order valence-electron chi connectivity index (χ3n) is 5.78. The highest BCUT2D eigenvalue weighted by Gasteiger charge is 2.37. The molecular weight excluding hydrogens is 260 g/mol. The second kappa shape index (κ2) is 5.71. The molecule has 1 aliphatic carbocycles. The first-order valence-corrected chi connectivity index (χ1v) is 8.53. The van der Waals surface area contributed by atoms with Crippen LogP contribution in [0, 0.1) is 0 Å². The maximum atomic E-state index is 10.8. The van der Waals surface area contributed by atoms with E-state index in [1.807, 2.05) is 0 Å². The maximum Gasteiger partial charge on any atom is 0.0713 e. The van der Waals surface area contributed by atoms with Crippen LogP contribution >= 0.6 is 0 Å². The molecule has 3 unspecified atom stereocenters. The van der Waals surface area contributed by atoms with Crippen LogP contribution in [-0.2, 0) is 6.42 Å². The van der Waals surface area contributed by atoms with Gasteiger partial charge in [0.15, 0.2) is 0 Å². The Hall–Kier alpha value is -0.900. The fourth-order valence-corrected chi connectivity index (χ4v) is 4.57. The van der Waals surface area contributed by atoms with E-state index in [0.29, 0.717) is 12.0 Å². The summed E-state index contributed by atoms with van der Waals surface area (Å²) in [6.07, 6.45) is 4.49. The van der Waals surface area contributed by atoms with Crippen molar-refractivity contribution in [1.29, 1.82) is 0 Å². The first-order valence-electron chi connectivity index (χ1n) is 8.53. The van der Waals surface area contributed by atoms with Crippen molar-refractivity contribution < 1.29 is 5.11 Å². The molecule has 2 bridgehead atoms. The fraction of sp³-hybridized carbons (Fsp3) is 0.667. The molecule has 3 fully saturated rings. The number of piperazine rings is 3. The predicted octanol–water partition coefficient (Wildman–Crippen LogP) is 1.86. The zero-order chi connectivity index (χ0) is 14.2. The standard InChI is InChI=1S/C18H26N2O/c21-18(17-13-19-8-10-20(17)11-9-19)12-15-6-3-5-14-4-1-2-7-16(14)15/h1-2,4,7,15,17-18,21H,3,5-6,8-13H2. The van der Waals surface area contributed by atoms with Crippen molar-refractivity contribution in [2.24, 2.45) is 0 Å². The molecule has 0 saturated carbocycles. The quantitative estimate of drug-likeness (QED) is 0.919. The number of aliphatic hydroxyl groups excluding tert-OH is 1. The van der Waals surface area contributed by atoms with E-state index in [0.717, 1.165) is 26.1 Å². The van der Waals surface area contributed by atoms with E-state index in [1.54, 1.807) is 0 Å². The summed E-state index contributed by atoms with van der Waals surface area (Å²) in [5.41, 5.74) is 3.01. The first kappa shape index (κ1) is 13.7. The number of hydrogen-bond donors (Lipinski definition) is 1. The summed E-state index contributed by atoms with van der Waals surface area (Å²) in [5, 5.41) is 10.8. The van der Waals surface area contributed by atoms with Crippen LogP contribution in [0.1, 0.15) is 36.3 Å². The zero-order valence-corrected chi connectivity index (χ0v) is 12.7. The molecule has 114 valence electrons. The highest BCUT2D eigenvalue weighted by atomic mass is 16.3. The minimum Gasteiger partial charge on any atom is -0.391 e. The fourth-order valence-electron chi connectivity index (χ4n) is 4.57. The second-order valence-electron chi connectivity index (χ2n) is 6.99. The molecule has 3 atom stereocenters. The van der Waals surface area contributed by atoms with E-state index in [9.17, 15) is 5.11 Å². The molecule has 3 aliphatic heterocycles. The van der Waals surface area contributed by atoms with Gasteiger partial charge in [0.05, 0.1) is 6.10 Å². The van der Waals surface area contributed by atoms with Gasteiger partial charge >= 0.3 is 0 Å². The van der Waals surface area contributed by atoms with Crippen LogP contribution in [0.25, 0.3) is 0 Å². The number of rotatable bonds is 3. The average Bonchev–Trinajstić information content (AvgIpc) is 2.56. The summed E-state index contributed by atoms with van der Waals surface area (Å²) in [4.78, 5) is 5.03. The third-order valence-corrected chi connectivity index (χ3v) is 5.78. The third kappa shape index (κ3) is 2.63. The average molecular weight is 286 g/mol. The van der Waals surface area contributed by atoms with Gasteiger partial charge < -0.3 is 5.11 Å². The van der Waals surface area contributed by atoms with E-state index in [-0.39, 0.29) is 6.10 Å². The van der Waals surface area contributed by atoms with Gasteiger partial charge in [-0.25, -0.2) is 0 Å². The van der Waals surface area contributed by atoms with Crippen LogP contribution < -0.4 is 0 Å². The van der Waals surface area contributed by atoms with E-state index in [1.165, 1.54) is 43.5 Å². The number of hydrogen-bond acceptors (Lipinski definition) is 3. The van der Waals surface area contributed by atoms with Crippen molar-refractivity contribution in [1.82, 2.24) is 9.80 Å². The molecule has 1 aromatic rings. The number of fused-ring (bicyclic) bond motifs is 4. The van der Waals surface area contributed by atoms with Crippen LogP contribution in [-0.4, -0.2) is 59.8 Å². The Balaban J connectivity index is 1.47. The van der Waals surface area contributed by atoms with Gasteiger partial charge in [-0.15, -0.1) is 0 Å². The van der Waals surface area contributed by atoms with Gasteiger partial charge in [0.1, 0.15) is 0 Å². The Bertz CT molecular complexity index is 496. The zero-order valence-electron chi connectivity index (χ0n) is 12.7. The van der Waals surface area contributed by atoms with Crippen molar-refractivity contribution in [2.75, 3.05) is 32.7 Å². The topological polar surface area (TPSA) is 26.7 Å². The number of aliphatic hydroxyl groups is 1. The number of benzene rings is 1. The Kier molecular flexibility index (Phi) is 3.74. The van der Waals surface area contributed by atoms with E-state index >= 15 is 0 Å². The van der Waals surface area contributed by atoms with Gasteiger partial charge in [-0.2, -0.15) is 0 Å². The van der Waals surface area contributed by atoms with Gasteiger partial charge in [-0.1, -0.05) is 24.3 Å². The molecule has 3 nitrogen and oxygen atoms in total. The summed E-state index contributed by atoms with van der Waals surface area (Å²) in [7, 11) is 0.